The number of rotatable bonds is 9. The largest absolute Gasteiger partial charge is 0.468 e. The van der Waals surface area contributed by atoms with Crippen LogP contribution in [-0.4, -0.2) is 38.9 Å². The third-order valence-corrected chi connectivity index (χ3v) is 6.49. The van der Waals surface area contributed by atoms with E-state index in [1.807, 2.05) is 0 Å². The van der Waals surface area contributed by atoms with Crippen LogP contribution in [0.1, 0.15) is 12.0 Å². The van der Waals surface area contributed by atoms with Gasteiger partial charge < -0.3 is 10.1 Å². The summed E-state index contributed by atoms with van der Waals surface area (Å²) < 4.78 is 32.5. The molecule has 0 saturated carbocycles. The summed E-state index contributed by atoms with van der Waals surface area (Å²) in [7, 11) is -2.54. The first kappa shape index (κ1) is 23.1. The fourth-order valence-electron chi connectivity index (χ4n) is 2.30. The minimum absolute atomic E-state index is 0.0605. The predicted molar refractivity (Wildman–Crippen MR) is 116 cm³/mol. The molecule has 0 bridgehead atoms. The summed E-state index contributed by atoms with van der Waals surface area (Å²) in [4.78, 5) is 23.2. The lowest BCUT2D eigenvalue weighted by molar-refractivity contribution is -0.137. The molecule has 0 aliphatic carbocycles. The van der Waals surface area contributed by atoms with Gasteiger partial charge in [0, 0.05) is 28.6 Å². The standard InChI is InChI=1S/C19H21ClN2O5S2/c1-13-3-6-16(21-18(23)9-10-28-12-19(24)27-2)11-17(13)29(25,26)22-15-7-4-14(20)5-8-15/h3-8,11,22H,9-10,12H2,1-2H3,(H,21,23). The molecule has 2 N–H and O–H groups in total. The Labute approximate surface area is 179 Å². The Morgan fingerprint density at radius 1 is 1.10 bits per heavy atom. The molecule has 0 radical (unpaired) electrons. The van der Waals surface area contributed by atoms with Gasteiger partial charge in [-0.15, -0.1) is 11.8 Å². The highest BCUT2D eigenvalue weighted by Crippen LogP contribution is 2.24. The fraction of sp³-hybridized carbons (Fsp3) is 0.263. The van der Waals surface area contributed by atoms with Crippen molar-refractivity contribution in [1.82, 2.24) is 0 Å². The molecule has 2 rings (SSSR count). The summed E-state index contributed by atoms with van der Waals surface area (Å²) in [6.07, 6.45) is 0.181. The molecule has 2 aromatic rings. The summed E-state index contributed by atoms with van der Waals surface area (Å²) >= 11 is 7.11. The maximum absolute atomic E-state index is 12.7. The van der Waals surface area contributed by atoms with Gasteiger partial charge in [0.15, 0.2) is 0 Å². The average Bonchev–Trinajstić information content (AvgIpc) is 2.68. The van der Waals surface area contributed by atoms with E-state index < -0.39 is 10.0 Å². The molecule has 29 heavy (non-hydrogen) atoms. The number of amides is 1. The molecule has 1 amide bonds. The van der Waals surface area contributed by atoms with Gasteiger partial charge in [0.05, 0.1) is 17.8 Å². The van der Waals surface area contributed by atoms with E-state index in [4.69, 9.17) is 11.6 Å². The van der Waals surface area contributed by atoms with Crippen LogP contribution in [0.5, 0.6) is 0 Å². The summed E-state index contributed by atoms with van der Waals surface area (Å²) in [5, 5.41) is 3.18. The van der Waals surface area contributed by atoms with Crippen molar-refractivity contribution in [3.8, 4) is 0 Å². The number of halogens is 1. The quantitative estimate of drug-likeness (QED) is 0.441. The lowest BCUT2D eigenvalue weighted by Gasteiger charge is -2.13. The van der Waals surface area contributed by atoms with Crippen LogP contribution in [0.25, 0.3) is 0 Å². The molecular formula is C19H21ClN2O5S2. The molecule has 0 aliphatic heterocycles. The van der Waals surface area contributed by atoms with E-state index in [0.717, 1.165) is 0 Å². The maximum atomic E-state index is 12.7. The molecule has 10 heteroatoms. The molecule has 0 aromatic heterocycles. The lowest BCUT2D eigenvalue weighted by atomic mass is 10.2. The zero-order chi connectivity index (χ0) is 21.4. The summed E-state index contributed by atoms with van der Waals surface area (Å²) in [6.45, 7) is 1.67. The number of ether oxygens (including phenoxy) is 1. The second-order valence-corrected chi connectivity index (χ2v) is 9.21. The van der Waals surface area contributed by atoms with Crippen LogP contribution in [0.4, 0.5) is 11.4 Å². The minimum atomic E-state index is -3.85. The molecule has 0 saturated heterocycles. The van der Waals surface area contributed by atoms with Crippen molar-refractivity contribution in [2.75, 3.05) is 28.7 Å². The zero-order valence-corrected chi connectivity index (χ0v) is 18.3. The number of hydrogen-bond donors (Lipinski definition) is 2. The first-order valence-corrected chi connectivity index (χ1v) is 11.6. The predicted octanol–water partition coefficient (Wildman–Crippen LogP) is 3.68. The monoisotopic (exact) mass is 456 g/mol. The van der Waals surface area contributed by atoms with Crippen molar-refractivity contribution in [2.24, 2.45) is 0 Å². The Bertz CT molecular complexity index is 979. The van der Waals surface area contributed by atoms with E-state index in [1.165, 1.54) is 24.9 Å². The topological polar surface area (TPSA) is 102 Å². The van der Waals surface area contributed by atoms with Crippen LogP contribution in [-0.2, 0) is 24.3 Å². The number of carbonyl (C=O) groups excluding carboxylic acids is 2. The average molecular weight is 457 g/mol. The molecule has 0 atom stereocenters. The van der Waals surface area contributed by atoms with Crippen molar-refractivity contribution < 1.29 is 22.7 Å². The second-order valence-electron chi connectivity index (χ2n) is 6.02. The minimum Gasteiger partial charge on any atom is -0.468 e. The molecule has 0 unspecified atom stereocenters. The van der Waals surface area contributed by atoms with Gasteiger partial charge >= 0.3 is 5.97 Å². The van der Waals surface area contributed by atoms with Crippen LogP contribution in [0.15, 0.2) is 47.4 Å². The van der Waals surface area contributed by atoms with E-state index in [0.29, 0.717) is 27.7 Å². The van der Waals surface area contributed by atoms with E-state index in [1.54, 1.807) is 43.3 Å². The van der Waals surface area contributed by atoms with Gasteiger partial charge in [-0.25, -0.2) is 8.42 Å². The Kier molecular flexibility index (Phi) is 8.36. The van der Waals surface area contributed by atoms with Crippen molar-refractivity contribution in [3.05, 3.63) is 53.1 Å². The smallest absolute Gasteiger partial charge is 0.315 e. The second kappa shape index (κ2) is 10.5. The lowest BCUT2D eigenvalue weighted by Crippen LogP contribution is -2.16. The molecule has 0 aliphatic rings. The van der Waals surface area contributed by atoms with Gasteiger partial charge in [0.2, 0.25) is 5.91 Å². The number of aryl methyl sites for hydroxylation is 1. The molecule has 7 nitrogen and oxygen atoms in total. The van der Waals surface area contributed by atoms with Crippen LogP contribution < -0.4 is 10.0 Å². The molecule has 2 aromatic carbocycles. The Morgan fingerprint density at radius 3 is 2.41 bits per heavy atom. The summed E-state index contributed by atoms with van der Waals surface area (Å²) in [5.74, 6) is -0.0134. The van der Waals surface area contributed by atoms with Gasteiger partial charge in [0.25, 0.3) is 10.0 Å². The fourth-order valence-corrected chi connectivity index (χ4v) is 4.51. The third kappa shape index (κ3) is 7.26. The Morgan fingerprint density at radius 2 is 1.76 bits per heavy atom. The zero-order valence-electron chi connectivity index (χ0n) is 15.9. The number of carbonyl (C=O) groups is 2. The van der Waals surface area contributed by atoms with Gasteiger partial charge in [-0.3, -0.25) is 14.3 Å². The number of hydrogen-bond acceptors (Lipinski definition) is 6. The van der Waals surface area contributed by atoms with Crippen molar-refractivity contribution in [3.63, 3.8) is 0 Å². The molecular weight excluding hydrogens is 436 g/mol. The van der Waals surface area contributed by atoms with Gasteiger partial charge in [-0.2, -0.15) is 0 Å². The number of methoxy groups -OCH3 is 1. The van der Waals surface area contributed by atoms with Gasteiger partial charge in [0.1, 0.15) is 0 Å². The van der Waals surface area contributed by atoms with E-state index in [2.05, 4.69) is 14.8 Å². The number of benzene rings is 2. The normalized spacial score (nSPS) is 11.0. The van der Waals surface area contributed by atoms with Crippen LogP contribution in [0.2, 0.25) is 5.02 Å². The van der Waals surface area contributed by atoms with Crippen molar-refractivity contribution >= 4 is 56.6 Å². The van der Waals surface area contributed by atoms with E-state index in [9.17, 15) is 18.0 Å². The molecule has 156 valence electrons. The highest BCUT2D eigenvalue weighted by Gasteiger charge is 2.18. The molecule has 0 heterocycles. The Balaban J connectivity index is 2.03. The van der Waals surface area contributed by atoms with Crippen molar-refractivity contribution in [2.45, 2.75) is 18.2 Å². The van der Waals surface area contributed by atoms with E-state index >= 15 is 0 Å². The summed E-state index contributed by atoms with van der Waals surface area (Å²) in [5.41, 5.74) is 1.29. The van der Waals surface area contributed by atoms with Crippen LogP contribution in [0, 0.1) is 6.92 Å². The first-order valence-electron chi connectivity index (χ1n) is 8.55. The summed E-state index contributed by atoms with van der Waals surface area (Å²) in [6, 6.07) is 11.0. The number of thioether (sulfide) groups is 1. The highest BCUT2D eigenvalue weighted by atomic mass is 35.5. The number of nitrogens with one attached hydrogen (secondary N) is 2. The third-order valence-electron chi connectivity index (χ3n) is 3.78. The molecule has 0 spiro atoms. The maximum Gasteiger partial charge on any atom is 0.315 e. The van der Waals surface area contributed by atoms with Gasteiger partial charge in [-0.1, -0.05) is 17.7 Å². The SMILES string of the molecule is COC(=O)CSCCC(=O)Nc1ccc(C)c(S(=O)(=O)Nc2ccc(Cl)cc2)c1. The number of sulfonamides is 1. The Hall–Kier alpha value is -2.23. The number of esters is 1. The first-order chi connectivity index (χ1) is 13.7. The van der Waals surface area contributed by atoms with Crippen LogP contribution in [0.3, 0.4) is 0 Å². The number of anilines is 2. The van der Waals surface area contributed by atoms with Crippen molar-refractivity contribution in [1.29, 1.82) is 0 Å². The molecule has 0 fully saturated rings. The van der Waals surface area contributed by atoms with E-state index in [-0.39, 0.29) is 28.9 Å². The van der Waals surface area contributed by atoms with Gasteiger partial charge in [-0.05, 0) is 48.9 Å². The van der Waals surface area contributed by atoms with Crippen LogP contribution >= 0.6 is 23.4 Å². The highest BCUT2D eigenvalue weighted by molar-refractivity contribution is 7.99.